The highest BCUT2D eigenvalue weighted by Crippen LogP contribution is 2.53. The van der Waals surface area contributed by atoms with Crippen LogP contribution in [0.4, 0.5) is 4.39 Å². The molecule has 2 unspecified atom stereocenters. The molecule has 0 bridgehead atoms. The lowest BCUT2D eigenvalue weighted by molar-refractivity contribution is 0.196. The zero-order valence-corrected chi connectivity index (χ0v) is 18.6. The Labute approximate surface area is 183 Å². The second-order valence-corrected chi connectivity index (χ2v) is 10.6. The first-order valence-corrected chi connectivity index (χ1v) is 12.4. The minimum atomic E-state index is -3.75. The zero-order chi connectivity index (χ0) is 21.8. The molecule has 2 aromatic rings. The summed E-state index contributed by atoms with van der Waals surface area (Å²) in [6, 6.07) is 16.0. The van der Waals surface area contributed by atoms with E-state index in [0.29, 0.717) is 11.6 Å². The van der Waals surface area contributed by atoms with Crippen molar-refractivity contribution in [1.82, 2.24) is 0 Å². The molecule has 1 aliphatic carbocycles. The summed E-state index contributed by atoms with van der Waals surface area (Å²) in [4.78, 5) is 0. The van der Waals surface area contributed by atoms with Gasteiger partial charge in [0.2, 0.25) is 10.0 Å². The van der Waals surface area contributed by atoms with E-state index in [2.05, 4.69) is 18.2 Å². The van der Waals surface area contributed by atoms with Crippen molar-refractivity contribution >= 4 is 21.6 Å². The molecule has 164 valence electrons. The van der Waals surface area contributed by atoms with Gasteiger partial charge in [0.25, 0.3) is 0 Å². The molecule has 4 nitrogen and oxygen atoms in total. The van der Waals surface area contributed by atoms with Gasteiger partial charge in [-0.2, -0.15) is 0 Å². The fourth-order valence-electron chi connectivity index (χ4n) is 4.75. The van der Waals surface area contributed by atoms with Crippen LogP contribution in [0.1, 0.15) is 54.7 Å². The molecule has 0 heterocycles. The van der Waals surface area contributed by atoms with Crippen LogP contribution in [0.3, 0.4) is 0 Å². The van der Waals surface area contributed by atoms with Crippen molar-refractivity contribution in [2.45, 2.75) is 55.1 Å². The minimum Gasteiger partial charge on any atom is -0.330 e. The van der Waals surface area contributed by atoms with Gasteiger partial charge in [-0.05, 0) is 60.9 Å². The molecule has 0 spiro atoms. The maximum Gasteiger partial charge on any atom is 0.212 e. The van der Waals surface area contributed by atoms with E-state index in [1.807, 2.05) is 30.3 Å². The Morgan fingerprint density at radius 3 is 2.37 bits per heavy atom. The molecule has 0 aliphatic heterocycles. The van der Waals surface area contributed by atoms with Gasteiger partial charge in [-0.3, -0.25) is 4.39 Å². The molecule has 0 saturated heterocycles. The molecule has 3 rings (SSSR count). The summed E-state index contributed by atoms with van der Waals surface area (Å²) >= 11 is 6.09. The number of nitrogens with two attached hydrogens (primary N) is 2. The Kier molecular flexibility index (Phi) is 7.56. The van der Waals surface area contributed by atoms with E-state index in [4.69, 9.17) is 22.5 Å². The second-order valence-electron chi connectivity index (χ2n) is 8.30. The third-order valence-electron chi connectivity index (χ3n) is 6.51. The highest BCUT2D eigenvalue weighted by atomic mass is 35.5. The molecule has 30 heavy (non-hydrogen) atoms. The van der Waals surface area contributed by atoms with E-state index in [-0.39, 0.29) is 30.6 Å². The predicted octanol–water partition coefficient (Wildman–Crippen LogP) is 4.45. The van der Waals surface area contributed by atoms with Crippen molar-refractivity contribution in [2.75, 3.05) is 13.2 Å². The van der Waals surface area contributed by atoms with Crippen molar-refractivity contribution < 1.29 is 12.8 Å². The molecule has 1 fully saturated rings. The monoisotopic (exact) mass is 452 g/mol. The van der Waals surface area contributed by atoms with E-state index < -0.39 is 21.9 Å². The Balaban J connectivity index is 1.90. The van der Waals surface area contributed by atoms with E-state index in [0.717, 1.165) is 30.4 Å². The summed E-state index contributed by atoms with van der Waals surface area (Å²) in [6.07, 6.45) is 3.93. The fraction of sp³-hybridized carbons (Fsp3) is 0.478. The fourth-order valence-corrected chi connectivity index (χ4v) is 5.79. The summed E-state index contributed by atoms with van der Waals surface area (Å²) in [5, 5.41) is 5.33. The molecule has 4 N–H and O–H groups in total. The Morgan fingerprint density at radius 2 is 1.83 bits per heavy atom. The highest BCUT2D eigenvalue weighted by molar-refractivity contribution is 7.89. The molecule has 0 amide bonds. The normalized spacial score (nSPS) is 17.9. The highest BCUT2D eigenvalue weighted by Gasteiger charge is 2.45. The molecule has 0 radical (unpaired) electrons. The lowest BCUT2D eigenvalue weighted by Crippen LogP contribution is -2.43. The van der Waals surface area contributed by atoms with Crippen molar-refractivity contribution in [1.29, 1.82) is 0 Å². The summed E-state index contributed by atoms with van der Waals surface area (Å²) in [7, 11) is -3.75. The predicted molar refractivity (Wildman–Crippen MR) is 121 cm³/mol. The van der Waals surface area contributed by atoms with E-state index in [1.54, 1.807) is 0 Å². The molecule has 7 heteroatoms. The van der Waals surface area contributed by atoms with Crippen LogP contribution >= 0.6 is 11.6 Å². The summed E-state index contributed by atoms with van der Waals surface area (Å²) in [5.41, 5.74) is 9.46. The van der Waals surface area contributed by atoms with Crippen LogP contribution in [0.25, 0.3) is 0 Å². The van der Waals surface area contributed by atoms with Crippen LogP contribution in [0, 0.1) is 0 Å². The molecular formula is C23H30ClFN2O2S. The second kappa shape index (κ2) is 9.77. The van der Waals surface area contributed by atoms with E-state index in [1.165, 1.54) is 5.56 Å². The molecule has 1 aliphatic rings. The number of hydrogen-bond acceptors (Lipinski definition) is 3. The van der Waals surface area contributed by atoms with Gasteiger partial charge < -0.3 is 5.73 Å². The maximum absolute atomic E-state index is 12.6. The van der Waals surface area contributed by atoms with Crippen molar-refractivity contribution in [3.8, 4) is 0 Å². The quantitative estimate of drug-likeness (QED) is 0.558. The van der Waals surface area contributed by atoms with Gasteiger partial charge in [0, 0.05) is 22.9 Å². The van der Waals surface area contributed by atoms with E-state index >= 15 is 0 Å². The third-order valence-corrected chi connectivity index (χ3v) is 8.09. The van der Waals surface area contributed by atoms with Crippen LogP contribution in [0.5, 0.6) is 0 Å². The van der Waals surface area contributed by atoms with Crippen molar-refractivity contribution in [3.63, 3.8) is 0 Å². The van der Waals surface area contributed by atoms with Gasteiger partial charge >= 0.3 is 0 Å². The number of hydrogen-bond donors (Lipinski definition) is 2. The van der Waals surface area contributed by atoms with Crippen molar-refractivity contribution in [3.05, 3.63) is 70.2 Å². The molecule has 0 aromatic heterocycles. The average Bonchev–Trinajstić information content (AvgIpc) is 2.68. The average molecular weight is 453 g/mol. The summed E-state index contributed by atoms with van der Waals surface area (Å²) in [5.74, 6) is 0.117. The Bertz CT molecular complexity index is 946. The topological polar surface area (TPSA) is 86.2 Å². The number of rotatable bonds is 10. The maximum atomic E-state index is 12.6. The standard InChI is InChI=1S/C23H30ClFN2O2S/c24-20-9-7-19(8-10-20)23(11-3-12-23)22(16-26)18-5-1-4-17(14-18)15-21(6-2-13-25)30(27,28)29/h1,4-5,7-10,14,21-22H,2-3,6,11-13,15-16,26H2,(H2,27,28,29). The van der Waals surface area contributed by atoms with Crippen LogP contribution in [-0.4, -0.2) is 26.9 Å². The first-order chi connectivity index (χ1) is 14.3. The number of halogens is 2. The SMILES string of the molecule is NCC(c1cccc(CC(CCCF)S(N)(=O)=O)c1)C1(c2ccc(Cl)cc2)CCC1. The number of alkyl halides is 1. The number of benzene rings is 2. The van der Waals surface area contributed by atoms with Gasteiger partial charge in [0.05, 0.1) is 11.9 Å². The van der Waals surface area contributed by atoms with Crippen molar-refractivity contribution in [2.24, 2.45) is 10.9 Å². The van der Waals surface area contributed by atoms with Crippen LogP contribution in [-0.2, 0) is 21.9 Å². The van der Waals surface area contributed by atoms with Crippen LogP contribution in [0.15, 0.2) is 48.5 Å². The first kappa shape index (κ1) is 23.2. The molecule has 2 aromatic carbocycles. The summed E-state index contributed by atoms with van der Waals surface area (Å²) in [6.45, 7) is -0.0581. The first-order valence-electron chi connectivity index (χ1n) is 10.4. The Morgan fingerprint density at radius 1 is 1.13 bits per heavy atom. The van der Waals surface area contributed by atoms with Gasteiger partial charge in [0.1, 0.15) is 0 Å². The largest absolute Gasteiger partial charge is 0.330 e. The van der Waals surface area contributed by atoms with Gasteiger partial charge in [0.15, 0.2) is 0 Å². The van der Waals surface area contributed by atoms with Crippen LogP contribution in [0.2, 0.25) is 5.02 Å². The number of primary sulfonamides is 1. The Hall–Kier alpha value is -1.47. The lowest BCUT2D eigenvalue weighted by Gasteiger charge is -2.48. The zero-order valence-electron chi connectivity index (χ0n) is 17.1. The van der Waals surface area contributed by atoms with Crippen LogP contribution < -0.4 is 10.9 Å². The lowest BCUT2D eigenvalue weighted by atomic mass is 9.56. The van der Waals surface area contributed by atoms with Gasteiger partial charge in [-0.15, -0.1) is 0 Å². The molecule has 1 saturated carbocycles. The smallest absolute Gasteiger partial charge is 0.212 e. The van der Waals surface area contributed by atoms with Gasteiger partial charge in [-0.25, -0.2) is 13.6 Å². The summed E-state index contributed by atoms with van der Waals surface area (Å²) < 4.78 is 36.5. The third kappa shape index (κ3) is 5.05. The minimum absolute atomic E-state index is 0.0362. The molecule has 2 atom stereocenters. The van der Waals surface area contributed by atoms with Gasteiger partial charge in [-0.1, -0.05) is 54.4 Å². The van der Waals surface area contributed by atoms with E-state index in [9.17, 15) is 12.8 Å². The number of sulfonamides is 1. The molecular weight excluding hydrogens is 423 g/mol.